The molecule has 0 aliphatic heterocycles. The van der Waals surface area contributed by atoms with Gasteiger partial charge in [-0.1, -0.05) is 15.9 Å². The Morgan fingerprint density at radius 1 is 1.42 bits per heavy atom. The standard InChI is InChI=1S/C10H17BrO/c1-10(12-2)6-9(11)7-3-4-8(10)5-7/h7-9H,3-6H2,1-2H3/t7-,8+,9+,10-/m1/s1. The highest BCUT2D eigenvalue weighted by atomic mass is 79.9. The molecule has 0 N–H and O–H groups in total. The summed E-state index contributed by atoms with van der Waals surface area (Å²) in [5.74, 6) is 1.75. The Morgan fingerprint density at radius 3 is 2.83 bits per heavy atom. The summed E-state index contributed by atoms with van der Waals surface area (Å²) in [6, 6.07) is 0. The van der Waals surface area contributed by atoms with E-state index in [9.17, 15) is 0 Å². The van der Waals surface area contributed by atoms with Gasteiger partial charge in [0.25, 0.3) is 0 Å². The van der Waals surface area contributed by atoms with Crippen molar-refractivity contribution in [2.75, 3.05) is 7.11 Å². The zero-order valence-corrected chi connectivity index (χ0v) is 9.43. The molecule has 2 fully saturated rings. The van der Waals surface area contributed by atoms with Crippen molar-refractivity contribution in [2.24, 2.45) is 11.8 Å². The number of rotatable bonds is 1. The van der Waals surface area contributed by atoms with Crippen molar-refractivity contribution in [2.45, 2.75) is 43.0 Å². The van der Waals surface area contributed by atoms with E-state index in [0.29, 0.717) is 4.83 Å². The van der Waals surface area contributed by atoms with Crippen molar-refractivity contribution in [3.8, 4) is 0 Å². The van der Waals surface area contributed by atoms with Crippen LogP contribution in [-0.4, -0.2) is 17.5 Å². The first-order valence-electron chi connectivity index (χ1n) is 4.85. The highest BCUT2D eigenvalue weighted by Gasteiger charge is 2.47. The molecular weight excluding hydrogens is 216 g/mol. The summed E-state index contributed by atoms with van der Waals surface area (Å²) in [6.07, 6.45) is 5.34. The molecule has 0 aromatic heterocycles. The normalized spacial score (nSPS) is 52.8. The molecule has 0 saturated heterocycles. The van der Waals surface area contributed by atoms with Crippen molar-refractivity contribution >= 4 is 15.9 Å². The third-order valence-electron chi connectivity index (χ3n) is 3.91. The largest absolute Gasteiger partial charge is 0.378 e. The highest BCUT2D eigenvalue weighted by Crippen LogP contribution is 2.51. The van der Waals surface area contributed by atoms with Gasteiger partial charge in [0, 0.05) is 11.9 Å². The van der Waals surface area contributed by atoms with Gasteiger partial charge in [-0.15, -0.1) is 0 Å². The summed E-state index contributed by atoms with van der Waals surface area (Å²) in [7, 11) is 1.86. The SMILES string of the molecule is CO[C@]1(C)C[C@H](Br)[C@@H]2CC[C@H]1C2. The molecule has 12 heavy (non-hydrogen) atoms. The van der Waals surface area contributed by atoms with Crippen LogP contribution in [0.3, 0.4) is 0 Å². The van der Waals surface area contributed by atoms with Crippen LogP contribution in [0.4, 0.5) is 0 Å². The first-order valence-corrected chi connectivity index (χ1v) is 5.76. The third kappa shape index (κ3) is 1.24. The Kier molecular flexibility index (Phi) is 2.24. The lowest BCUT2D eigenvalue weighted by atomic mass is 9.77. The van der Waals surface area contributed by atoms with Crippen molar-refractivity contribution in [3.05, 3.63) is 0 Å². The molecule has 70 valence electrons. The molecule has 0 amide bonds. The van der Waals surface area contributed by atoms with Crippen molar-refractivity contribution in [3.63, 3.8) is 0 Å². The molecule has 0 heterocycles. The van der Waals surface area contributed by atoms with Gasteiger partial charge in [-0.3, -0.25) is 0 Å². The van der Waals surface area contributed by atoms with Gasteiger partial charge in [0.2, 0.25) is 0 Å². The fourth-order valence-electron chi connectivity index (χ4n) is 2.87. The van der Waals surface area contributed by atoms with E-state index in [1.54, 1.807) is 0 Å². The molecule has 2 rings (SSSR count). The van der Waals surface area contributed by atoms with Crippen LogP contribution < -0.4 is 0 Å². The lowest BCUT2D eigenvalue weighted by Crippen LogP contribution is -2.42. The minimum absolute atomic E-state index is 0.154. The molecule has 0 unspecified atom stereocenters. The van der Waals surface area contributed by atoms with Gasteiger partial charge in [0.05, 0.1) is 5.60 Å². The molecule has 2 heteroatoms. The van der Waals surface area contributed by atoms with Gasteiger partial charge in [-0.2, -0.15) is 0 Å². The van der Waals surface area contributed by atoms with Gasteiger partial charge in [0.15, 0.2) is 0 Å². The predicted octanol–water partition coefficient (Wildman–Crippen LogP) is 2.98. The fourth-order valence-corrected chi connectivity index (χ4v) is 3.99. The second kappa shape index (κ2) is 2.98. The van der Waals surface area contributed by atoms with Gasteiger partial charge >= 0.3 is 0 Å². The Hall–Kier alpha value is 0.440. The summed E-state index contributed by atoms with van der Waals surface area (Å²) in [5, 5.41) is 0. The van der Waals surface area contributed by atoms with E-state index < -0.39 is 0 Å². The molecule has 1 nitrogen and oxygen atoms in total. The zero-order chi connectivity index (χ0) is 8.77. The van der Waals surface area contributed by atoms with Crippen LogP contribution in [0.15, 0.2) is 0 Å². The van der Waals surface area contributed by atoms with Crippen molar-refractivity contribution in [1.29, 1.82) is 0 Å². The van der Waals surface area contributed by atoms with Gasteiger partial charge < -0.3 is 4.74 Å². The number of hydrogen-bond acceptors (Lipinski definition) is 1. The van der Waals surface area contributed by atoms with Crippen molar-refractivity contribution < 1.29 is 4.74 Å². The first kappa shape index (κ1) is 9.01. The Morgan fingerprint density at radius 2 is 2.17 bits per heavy atom. The van der Waals surface area contributed by atoms with E-state index in [0.717, 1.165) is 11.8 Å². The molecule has 0 aromatic carbocycles. The minimum atomic E-state index is 0.154. The highest BCUT2D eigenvalue weighted by molar-refractivity contribution is 9.09. The molecule has 2 bridgehead atoms. The monoisotopic (exact) mass is 232 g/mol. The van der Waals surface area contributed by atoms with Crippen LogP contribution in [0.1, 0.15) is 32.6 Å². The maximum absolute atomic E-state index is 5.65. The quantitative estimate of drug-likeness (QED) is 0.632. The number of ether oxygens (including phenoxy) is 1. The summed E-state index contributed by atoms with van der Waals surface area (Å²) >= 11 is 3.78. The average Bonchev–Trinajstić information content (AvgIpc) is 2.48. The van der Waals surface area contributed by atoms with Crippen molar-refractivity contribution in [1.82, 2.24) is 0 Å². The fraction of sp³-hybridized carbons (Fsp3) is 1.00. The lowest BCUT2D eigenvalue weighted by molar-refractivity contribution is -0.0605. The molecule has 0 spiro atoms. The van der Waals surface area contributed by atoms with Gasteiger partial charge in [-0.05, 0) is 44.4 Å². The summed E-state index contributed by atoms with van der Waals surface area (Å²) in [6.45, 7) is 2.27. The van der Waals surface area contributed by atoms with Gasteiger partial charge in [-0.25, -0.2) is 0 Å². The van der Waals surface area contributed by atoms with E-state index in [-0.39, 0.29) is 5.60 Å². The molecule has 2 aliphatic carbocycles. The van der Waals surface area contributed by atoms with Crippen LogP contribution in [0, 0.1) is 11.8 Å². The Balaban J connectivity index is 2.17. The van der Waals surface area contributed by atoms with E-state index >= 15 is 0 Å². The molecule has 2 aliphatic rings. The molecule has 0 aromatic rings. The van der Waals surface area contributed by atoms with Crippen LogP contribution >= 0.6 is 15.9 Å². The zero-order valence-electron chi connectivity index (χ0n) is 7.85. The lowest BCUT2D eigenvalue weighted by Gasteiger charge is -2.40. The average molecular weight is 233 g/mol. The predicted molar refractivity (Wildman–Crippen MR) is 53.6 cm³/mol. The maximum atomic E-state index is 5.65. The summed E-state index contributed by atoms with van der Waals surface area (Å²) in [4.78, 5) is 0.696. The minimum Gasteiger partial charge on any atom is -0.378 e. The van der Waals surface area contributed by atoms with Crippen LogP contribution in [0.25, 0.3) is 0 Å². The van der Waals surface area contributed by atoms with E-state index in [1.807, 2.05) is 7.11 Å². The second-order valence-electron chi connectivity index (χ2n) is 4.51. The number of hydrogen-bond donors (Lipinski definition) is 0. The number of halogens is 1. The van der Waals surface area contributed by atoms with Crippen LogP contribution in [-0.2, 0) is 4.74 Å². The molecule has 2 saturated carbocycles. The third-order valence-corrected chi connectivity index (χ3v) is 4.99. The number of alkyl halides is 1. The number of fused-ring (bicyclic) bond motifs is 2. The summed E-state index contributed by atoms with van der Waals surface area (Å²) in [5.41, 5.74) is 0.154. The van der Waals surface area contributed by atoms with E-state index in [2.05, 4.69) is 22.9 Å². The van der Waals surface area contributed by atoms with E-state index in [1.165, 1.54) is 25.7 Å². The maximum Gasteiger partial charge on any atom is 0.0689 e. The van der Waals surface area contributed by atoms with E-state index in [4.69, 9.17) is 4.74 Å². The van der Waals surface area contributed by atoms with Crippen LogP contribution in [0.5, 0.6) is 0 Å². The Bertz CT molecular complexity index is 183. The Labute approximate surface area is 83.0 Å². The first-order chi connectivity index (χ1) is 5.65. The molecule has 0 radical (unpaired) electrons. The molecular formula is C10H17BrO. The summed E-state index contributed by atoms with van der Waals surface area (Å²) < 4.78 is 5.65. The smallest absolute Gasteiger partial charge is 0.0689 e. The second-order valence-corrected chi connectivity index (χ2v) is 5.68. The van der Waals surface area contributed by atoms with Crippen LogP contribution in [0.2, 0.25) is 0 Å². The topological polar surface area (TPSA) is 9.23 Å². The van der Waals surface area contributed by atoms with Gasteiger partial charge in [0.1, 0.15) is 0 Å². The number of methoxy groups -OCH3 is 1. The molecule has 4 atom stereocenters.